The van der Waals surface area contributed by atoms with Crippen LogP contribution in [-0.4, -0.2) is 35.2 Å². The van der Waals surface area contributed by atoms with Gasteiger partial charge in [0.25, 0.3) is 0 Å². The first-order chi connectivity index (χ1) is 14.4. The standard InChI is InChI=1S/C24H25N3O3/c1-13-9-10-17-20(14(13)2)25-23(30)24(17)19-18(15(3)26-24)21(28)27(22(19)29)12-11-16-7-5-4-6-8-16/h4-10,15,18-19,26H,11-12H2,1-3H3,(H,25,30)/t15-,18+,19-,24-/m0/s1. The summed E-state index contributed by atoms with van der Waals surface area (Å²) in [4.78, 5) is 41.4. The van der Waals surface area contributed by atoms with Crippen LogP contribution in [0.5, 0.6) is 0 Å². The van der Waals surface area contributed by atoms with Gasteiger partial charge in [-0.25, -0.2) is 0 Å². The molecule has 3 heterocycles. The molecule has 3 amide bonds. The number of anilines is 1. The average molecular weight is 403 g/mol. The lowest BCUT2D eigenvalue weighted by Crippen LogP contribution is -2.53. The molecular formula is C24H25N3O3. The van der Waals surface area contributed by atoms with Gasteiger partial charge in [-0.2, -0.15) is 0 Å². The maximum atomic E-state index is 13.5. The minimum absolute atomic E-state index is 0.178. The molecule has 0 aromatic heterocycles. The zero-order valence-corrected chi connectivity index (χ0v) is 17.4. The van der Waals surface area contributed by atoms with Gasteiger partial charge < -0.3 is 5.32 Å². The van der Waals surface area contributed by atoms with Crippen molar-refractivity contribution < 1.29 is 14.4 Å². The third-order valence-corrected chi connectivity index (χ3v) is 7.13. The number of aryl methyl sites for hydroxylation is 1. The van der Waals surface area contributed by atoms with Gasteiger partial charge in [-0.1, -0.05) is 42.5 Å². The van der Waals surface area contributed by atoms with E-state index in [1.165, 1.54) is 4.90 Å². The number of amides is 3. The third kappa shape index (κ3) is 2.37. The molecule has 0 unspecified atom stereocenters. The Kier molecular flexibility index (Phi) is 4.12. The molecule has 4 atom stereocenters. The summed E-state index contributed by atoms with van der Waals surface area (Å²) < 4.78 is 0. The van der Waals surface area contributed by atoms with Crippen LogP contribution in [0.1, 0.15) is 29.2 Å². The molecule has 0 aliphatic carbocycles. The Hall–Kier alpha value is -2.99. The molecule has 3 aliphatic rings. The van der Waals surface area contributed by atoms with Gasteiger partial charge in [0.05, 0.1) is 11.8 Å². The molecule has 5 rings (SSSR count). The quantitative estimate of drug-likeness (QED) is 0.771. The van der Waals surface area contributed by atoms with Crippen LogP contribution in [-0.2, 0) is 26.3 Å². The van der Waals surface area contributed by atoms with E-state index in [2.05, 4.69) is 10.6 Å². The smallest absolute Gasteiger partial charge is 0.250 e. The average Bonchev–Trinajstić information content (AvgIpc) is 3.29. The highest BCUT2D eigenvalue weighted by Crippen LogP contribution is 2.53. The molecule has 2 saturated heterocycles. The monoisotopic (exact) mass is 403 g/mol. The molecule has 2 N–H and O–H groups in total. The van der Waals surface area contributed by atoms with Crippen molar-refractivity contribution in [3.8, 4) is 0 Å². The third-order valence-electron chi connectivity index (χ3n) is 7.13. The van der Waals surface area contributed by atoms with Crippen molar-refractivity contribution in [3.63, 3.8) is 0 Å². The van der Waals surface area contributed by atoms with E-state index in [1.54, 1.807) is 0 Å². The van der Waals surface area contributed by atoms with E-state index in [-0.39, 0.29) is 23.8 Å². The van der Waals surface area contributed by atoms with Crippen LogP contribution < -0.4 is 10.6 Å². The van der Waals surface area contributed by atoms with Crippen molar-refractivity contribution in [3.05, 3.63) is 64.7 Å². The number of likely N-dealkylation sites (tertiary alicyclic amines) is 1. The topological polar surface area (TPSA) is 78.5 Å². The Morgan fingerprint density at radius 1 is 1.00 bits per heavy atom. The molecule has 2 fully saturated rings. The van der Waals surface area contributed by atoms with Crippen LogP contribution >= 0.6 is 0 Å². The Bertz CT molecular complexity index is 1080. The van der Waals surface area contributed by atoms with E-state index >= 15 is 0 Å². The SMILES string of the molecule is Cc1ccc2c(c1C)NC(=O)[C@]21N[C@@H](C)[C@H]2C(=O)N(CCc3ccccc3)C(=O)[C@H]21. The fourth-order valence-corrected chi connectivity index (χ4v) is 5.45. The zero-order chi connectivity index (χ0) is 21.2. The van der Waals surface area contributed by atoms with Crippen LogP contribution in [0.15, 0.2) is 42.5 Å². The molecule has 1 spiro atoms. The zero-order valence-electron chi connectivity index (χ0n) is 17.4. The molecule has 0 saturated carbocycles. The van der Waals surface area contributed by atoms with Gasteiger partial charge in [0, 0.05) is 23.8 Å². The number of nitrogens with one attached hydrogen (secondary N) is 2. The van der Waals surface area contributed by atoms with Crippen LogP contribution in [0, 0.1) is 25.7 Å². The van der Waals surface area contributed by atoms with Crippen LogP contribution in [0.4, 0.5) is 5.69 Å². The molecule has 0 bridgehead atoms. The van der Waals surface area contributed by atoms with Crippen LogP contribution in [0.2, 0.25) is 0 Å². The lowest BCUT2D eigenvalue weighted by molar-refractivity contribution is -0.142. The van der Waals surface area contributed by atoms with E-state index in [0.29, 0.717) is 13.0 Å². The lowest BCUT2D eigenvalue weighted by atomic mass is 9.76. The summed E-state index contributed by atoms with van der Waals surface area (Å²) in [7, 11) is 0. The molecule has 6 nitrogen and oxygen atoms in total. The molecule has 2 aromatic carbocycles. The summed E-state index contributed by atoms with van der Waals surface area (Å²) in [6.07, 6.45) is 0.605. The highest BCUT2D eigenvalue weighted by molar-refractivity contribution is 6.15. The predicted molar refractivity (Wildman–Crippen MR) is 113 cm³/mol. The van der Waals surface area contributed by atoms with Crippen molar-refractivity contribution >= 4 is 23.4 Å². The van der Waals surface area contributed by atoms with Gasteiger partial charge in [-0.05, 0) is 43.9 Å². The van der Waals surface area contributed by atoms with E-state index in [9.17, 15) is 14.4 Å². The van der Waals surface area contributed by atoms with Gasteiger partial charge in [0.15, 0.2) is 0 Å². The first kappa shape index (κ1) is 19.0. The number of imide groups is 1. The summed E-state index contributed by atoms with van der Waals surface area (Å²) in [6.45, 7) is 6.19. The summed E-state index contributed by atoms with van der Waals surface area (Å²) in [5.41, 5.74) is 3.50. The van der Waals surface area contributed by atoms with Gasteiger partial charge in [-0.15, -0.1) is 0 Å². The van der Waals surface area contributed by atoms with E-state index in [1.807, 2.05) is 63.2 Å². The second-order valence-electron chi connectivity index (χ2n) is 8.69. The van der Waals surface area contributed by atoms with Gasteiger partial charge in [0.2, 0.25) is 17.7 Å². The van der Waals surface area contributed by atoms with Crippen molar-refractivity contribution in [2.24, 2.45) is 11.8 Å². The van der Waals surface area contributed by atoms with Crippen molar-refractivity contribution in [1.29, 1.82) is 0 Å². The largest absolute Gasteiger partial charge is 0.324 e. The normalized spacial score (nSPS) is 29.5. The predicted octanol–water partition coefficient (Wildman–Crippen LogP) is 2.29. The van der Waals surface area contributed by atoms with Crippen molar-refractivity contribution in [2.45, 2.75) is 38.8 Å². The second kappa shape index (κ2) is 6.51. The number of nitrogens with zero attached hydrogens (tertiary/aromatic N) is 1. The fraction of sp³-hybridized carbons (Fsp3) is 0.375. The highest BCUT2D eigenvalue weighted by atomic mass is 16.2. The summed E-state index contributed by atoms with van der Waals surface area (Å²) in [5, 5.41) is 6.36. The number of hydrogen-bond donors (Lipinski definition) is 2. The molecule has 0 radical (unpaired) electrons. The number of hydrogen-bond acceptors (Lipinski definition) is 4. The maximum absolute atomic E-state index is 13.5. The van der Waals surface area contributed by atoms with Crippen molar-refractivity contribution in [1.82, 2.24) is 10.2 Å². The van der Waals surface area contributed by atoms with E-state index in [4.69, 9.17) is 0 Å². The number of carbonyl (C=O) groups is 3. The lowest BCUT2D eigenvalue weighted by Gasteiger charge is -2.29. The molecular weight excluding hydrogens is 378 g/mol. The number of fused-ring (bicyclic) bond motifs is 4. The van der Waals surface area contributed by atoms with E-state index in [0.717, 1.165) is 27.9 Å². The van der Waals surface area contributed by atoms with Crippen molar-refractivity contribution in [2.75, 3.05) is 11.9 Å². The number of rotatable bonds is 3. The first-order valence-electron chi connectivity index (χ1n) is 10.4. The van der Waals surface area contributed by atoms with E-state index < -0.39 is 17.4 Å². The number of carbonyl (C=O) groups excluding carboxylic acids is 3. The molecule has 2 aromatic rings. The Labute approximate surface area is 175 Å². The molecule has 154 valence electrons. The summed E-state index contributed by atoms with van der Waals surface area (Å²) in [6, 6.07) is 13.4. The maximum Gasteiger partial charge on any atom is 0.250 e. The molecule has 30 heavy (non-hydrogen) atoms. The Balaban J connectivity index is 1.53. The molecule has 3 aliphatic heterocycles. The highest BCUT2D eigenvalue weighted by Gasteiger charge is 2.69. The minimum Gasteiger partial charge on any atom is -0.324 e. The van der Waals surface area contributed by atoms with Crippen LogP contribution in [0.3, 0.4) is 0 Å². The number of benzene rings is 2. The minimum atomic E-state index is -1.19. The second-order valence-corrected chi connectivity index (χ2v) is 8.69. The Morgan fingerprint density at radius 2 is 1.73 bits per heavy atom. The van der Waals surface area contributed by atoms with Gasteiger partial charge >= 0.3 is 0 Å². The fourth-order valence-electron chi connectivity index (χ4n) is 5.45. The van der Waals surface area contributed by atoms with Gasteiger partial charge in [0.1, 0.15) is 5.54 Å². The summed E-state index contributed by atoms with van der Waals surface area (Å²) >= 11 is 0. The summed E-state index contributed by atoms with van der Waals surface area (Å²) in [5.74, 6) is -1.93. The molecule has 6 heteroatoms. The van der Waals surface area contributed by atoms with Gasteiger partial charge in [-0.3, -0.25) is 24.6 Å². The van der Waals surface area contributed by atoms with Crippen LogP contribution in [0.25, 0.3) is 0 Å². The first-order valence-corrected chi connectivity index (χ1v) is 10.4. The Morgan fingerprint density at radius 3 is 2.47 bits per heavy atom.